The fourth-order valence-electron chi connectivity index (χ4n) is 1.88. The van der Waals surface area contributed by atoms with E-state index in [2.05, 4.69) is 15.9 Å². The van der Waals surface area contributed by atoms with E-state index in [9.17, 15) is 14.3 Å². The maximum absolute atomic E-state index is 13.6. The highest BCUT2D eigenvalue weighted by atomic mass is 79.9. The molecule has 1 aromatic carbocycles. The van der Waals surface area contributed by atoms with Crippen LogP contribution in [0.4, 0.5) is 4.39 Å². The lowest BCUT2D eigenvalue weighted by Crippen LogP contribution is -2.19. The molecule has 0 amide bonds. The van der Waals surface area contributed by atoms with E-state index in [0.717, 1.165) is 8.66 Å². The Morgan fingerprint density at radius 3 is 2.58 bits per heavy atom. The second-order valence-corrected chi connectivity index (χ2v) is 6.79. The lowest BCUT2D eigenvalue weighted by atomic mass is 9.95. The van der Waals surface area contributed by atoms with Gasteiger partial charge in [-0.2, -0.15) is 0 Å². The van der Waals surface area contributed by atoms with Gasteiger partial charge in [-0.1, -0.05) is 18.2 Å². The first-order valence-corrected chi connectivity index (χ1v) is 7.37. The van der Waals surface area contributed by atoms with Crippen LogP contribution >= 0.6 is 27.3 Å². The van der Waals surface area contributed by atoms with Crippen LogP contribution in [0.15, 0.2) is 40.2 Å². The van der Waals surface area contributed by atoms with Gasteiger partial charge in [0.1, 0.15) is 5.82 Å². The van der Waals surface area contributed by atoms with Gasteiger partial charge >= 0.3 is 5.97 Å². The lowest BCUT2D eigenvalue weighted by Gasteiger charge is -2.11. The molecule has 2 aromatic rings. The smallest absolute Gasteiger partial charge is 0.307 e. The molecule has 0 aliphatic rings. The molecule has 0 bridgehead atoms. The maximum atomic E-state index is 13.6. The Kier molecular flexibility index (Phi) is 4.71. The van der Waals surface area contributed by atoms with E-state index < -0.39 is 11.9 Å². The van der Waals surface area contributed by atoms with E-state index in [-0.39, 0.29) is 12.2 Å². The van der Waals surface area contributed by atoms with Crippen LogP contribution in [0.5, 0.6) is 0 Å². The van der Waals surface area contributed by atoms with Gasteiger partial charge in [0.2, 0.25) is 0 Å². The lowest BCUT2D eigenvalue weighted by molar-refractivity contribution is -0.141. The van der Waals surface area contributed by atoms with Gasteiger partial charge in [0.15, 0.2) is 0 Å². The number of hydrogen-bond donors (Lipinski definition) is 1. The first-order chi connectivity index (χ1) is 9.06. The molecule has 2 rings (SSSR count). The fraction of sp³-hybridized carbons (Fsp3) is 0.214. The minimum Gasteiger partial charge on any atom is -0.481 e. The van der Waals surface area contributed by atoms with Gasteiger partial charge in [-0.05, 0) is 52.5 Å². The van der Waals surface area contributed by atoms with Crippen molar-refractivity contribution < 1.29 is 14.3 Å². The molecule has 1 aromatic heterocycles. The third-order valence-electron chi connectivity index (χ3n) is 2.85. The zero-order valence-corrected chi connectivity index (χ0v) is 12.4. The third-order valence-corrected chi connectivity index (χ3v) is 4.50. The highest BCUT2D eigenvalue weighted by molar-refractivity contribution is 9.11. The van der Waals surface area contributed by atoms with Crippen LogP contribution in [0.3, 0.4) is 0 Å². The van der Waals surface area contributed by atoms with E-state index in [1.807, 2.05) is 12.1 Å². The molecule has 1 heterocycles. The topological polar surface area (TPSA) is 37.3 Å². The fourth-order valence-corrected chi connectivity index (χ4v) is 3.44. The van der Waals surface area contributed by atoms with Crippen LogP contribution in [0.25, 0.3) is 0 Å². The average Bonchev–Trinajstić information content (AvgIpc) is 2.76. The summed E-state index contributed by atoms with van der Waals surface area (Å²) in [5.41, 5.74) is 0.450. The molecule has 0 aliphatic heterocycles. The van der Waals surface area contributed by atoms with Crippen molar-refractivity contribution in [1.29, 1.82) is 0 Å². The molecule has 19 heavy (non-hydrogen) atoms. The van der Waals surface area contributed by atoms with Crippen molar-refractivity contribution in [2.24, 2.45) is 5.92 Å². The van der Waals surface area contributed by atoms with Gasteiger partial charge < -0.3 is 5.11 Å². The summed E-state index contributed by atoms with van der Waals surface area (Å²) in [7, 11) is 0. The van der Waals surface area contributed by atoms with E-state index in [1.165, 1.54) is 17.4 Å². The molecule has 0 radical (unpaired) electrons. The van der Waals surface area contributed by atoms with Crippen LogP contribution in [-0.4, -0.2) is 11.1 Å². The number of carbonyl (C=O) groups is 1. The molecule has 0 saturated heterocycles. The highest BCUT2D eigenvalue weighted by Crippen LogP contribution is 2.26. The molecule has 1 N–H and O–H groups in total. The normalized spacial score (nSPS) is 12.3. The van der Waals surface area contributed by atoms with Crippen molar-refractivity contribution in [3.8, 4) is 0 Å². The number of hydrogen-bond acceptors (Lipinski definition) is 2. The second kappa shape index (κ2) is 6.30. The Bertz CT molecular complexity index is 582. The number of rotatable bonds is 5. The number of aliphatic carboxylic acids is 1. The first kappa shape index (κ1) is 14.2. The van der Waals surface area contributed by atoms with Gasteiger partial charge in [0, 0.05) is 4.88 Å². The van der Waals surface area contributed by atoms with Crippen LogP contribution < -0.4 is 0 Å². The van der Waals surface area contributed by atoms with Crippen molar-refractivity contribution in [3.05, 3.63) is 56.4 Å². The molecule has 0 saturated carbocycles. The van der Waals surface area contributed by atoms with Crippen molar-refractivity contribution in [2.75, 3.05) is 0 Å². The molecule has 100 valence electrons. The summed E-state index contributed by atoms with van der Waals surface area (Å²) in [4.78, 5) is 12.3. The quantitative estimate of drug-likeness (QED) is 0.886. The number of benzene rings is 1. The van der Waals surface area contributed by atoms with E-state index in [4.69, 9.17) is 0 Å². The van der Waals surface area contributed by atoms with E-state index in [0.29, 0.717) is 12.0 Å². The summed E-state index contributed by atoms with van der Waals surface area (Å²) < 4.78 is 14.5. The Labute approximate surface area is 123 Å². The Balaban J connectivity index is 2.13. The van der Waals surface area contributed by atoms with Gasteiger partial charge in [-0.3, -0.25) is 4.79 Å². The van der Waals surface area contributed by atoms with Gasteiger partial charge in [0.25, 0.3) is 0 Å². The SMILES string of the molecule is O=C(O)C(Cc1ccc(Br)s1)Cc1ccccc1F. The molecule has 1 unspecified atom stereocenters. The molecule has 2 nitrogen and oxygen atoms in total. The summed E-state index contributed by atoms with van der Waals surface area (Å²) in [6.07, 6.45) is 0.622. The van der Waals surface area contributed by atoms with Gasteiger partial charge in [0.05, 0.1) is 9.70 Å². The molecular weight excluding hydrogens is 331 g/mol. The molecule has 5 heteroatoms. The van der Waals surface area contributed by atoms with E-state index in [1.54, 1.807) is 18.2 Å². The standard InChI is InChI=1S/C14H12BrFO2S/c15-13-6-5-11(19-13)8-10(14(17)18)7-9-3-1-2-4-12(9)16/h1-6,10H,7-8H2,(H,17,18). The minimum absolute atomic E-state index is 0.206. The average molecular weight is 343 g/mol. The zero-order chi connectivity index (χ0) is 13.8. The van der Waals surface area contributed by atoms with Crippen molar-refractivity contribution >= 4 is 33.2 Å². The summed E-state index contributed by atoms with van der Waals surface area (Å²) in [5, 5.41) is 9.26. The second-order valence-electron chi connectivity index (χ2n) is 4.24. The Morgan fingerprint density at radius 1 is 1.26 bits per heavy atom. The third kappa shape index (κ3) is 3.88. The van der Waals surface area contributed by atoms with Crippen LogP contribution in [0.1, 0.15) is 10.4 Å². The van der Waals surface area contributed by atoms with E-state index >= 15 is 0 Å². The van der Waals surface area contributed by atoms with Crippen molar-refractivity contribution in [2.45, 2.75) is 12.8 Å². The number of thiophene rings is 1. The summed E-state index contributed by atoms with van der Waals surface area (Å²) >= 11 is 4.86. The predicted octanol–water partition coefficient (Wildman–Crippen LogP) is 4.14. The number of carboxylic acid groups (broad SMARTS) is 1. The van der Waals surface area contributed by atoms with Gasteiger partial charge in [-0.25, -0.2) is 4.39 Å². The highest BCUT2D eigenvalue weighted by Gasteiger charge is 2.20. The minimum atomic E-state index is -0.896. The Hall–Kier alpha value is -1.20. The summed E-state index contributed by atoms with van der Waals surface area (Å²) in [6, 6.07) is 10.1. The molecule has 0 spiro atoms. The first-order valence-electron chi connectivity index (χ1n) is 5.76. The molecule has 0 aliphatic carbocycles. The predicted molar refractivity (Wildman–Crippen MR) is 77.0 cm³/mol. The Morgan fingerprint density at radius 2 is 2.00 bits per heavy atom. The zero-order valence-electron chi connectivity index (χ0n) is 9.98. The summed E-state index contributed by atoms with van der Waals surface area (Å²) in [5.74, 6) is -1.85. The number of carboxylic acids is 1. The molecule has 1 atom stereocenters. The van der Waals surface area contributed by atoms with Crippen LogP contribution in [0.2, 0.25) is 0 Å². The number of halogens is 2. The molecular formula is C14H12BrFO2S. The van der Waals surface area contributed by atoms with Crippen LogP contribution in [0, 0.1) is 11.7 Å². The van der Waals surface area contributed by atoms with Crippen molar-refractivity contribution in [1.82, 2.24) is 0 Å². The van der Waals surface area contributed by atoms with Gasteiger partial charge in [-0.15, -0.1) is 11.3 Å². The molecule has 0 fully saturated rings. The largest absolute Gasteiger partial charge is 0.481 e. The van der Waals surface area contributed by atoms with Crippen LogP contribution in [-0.2, 0) is 17.6 Å². The monoisotopic (exact) mass is 342 g/mol. The van der Waals surface area contributed by atoms with Crippen molar-refractivity contribution in [3.63, 3.8) is 0 Å². The summed E-state index contributed by atoms with van der Waals surface area (Å²) in [6.45, 7) is 0. The maximum Gasteiger partial charge on any atom is 0.307 e.